The van der Waals surface area contributed by atoms with E-state index in [1.807, 2.05) is 31.2 Å². The van der Waals surface area contributed by atoms with Gasteiger partial charge < -0.3 is 4.57 Å². The molecule has 0 unspecified atom stereocenters. The molecular formula is C16H19N3O4S2. The molecule has 1 aromatic carbocycles. The van der Waals surface area contributed by atoms with E-state index in [0.717, 1.165) is 20.8 Å². The second-order valence-corrected chi connectivity index (χ2v) is 10.0. The van der Waals surface area contributed by atoms with Crippen molar-refractivity contribution in [1.29, 1.82) is 0 Å². The average Bonchev–Trinajstić information content (AvgIpc) is 2.91. The highest BCUT2D eigenvalue weighted by atomic mass is 32.2. The van der Waals surface area contributed by atoms with Crippen LogP contribution in [0.1, 0.15) is 11.1 Å². The summed E-state index contributed by atoms with van der Waals surface area (Å²) >= 11 is 0. The number of benzene rings is 1. The van der Waals surface area contributed by atoms with E-state index < -0.39 is 25.1 Å². The Morgan fingerprint density at radius 3 is 2.32 bits per heavy atom. The lowest BCUT2D eigenvalue weighted by atomic mass is 10.2. The Labute approximate surface area is 147 Å². The summed E-state index contributed by atoms with van der Waals surface area (Å²) in [5.41, 5.74) is 1.86. The van der Waals surface area contributed by atoms with Gasteiger partial charge in [0.05, 0.1) is 5.25 Å². The normalized spacial score (nSPS) is 17.0. The van der Waals surface area contributed by atoms with E-state index in [1.54, 1.807) is 13.2 Å². The van der Waals surface area contributed by atoms with Crippen LogP contribution in [-0.2, 0) is 26.9 Å². The van der Waals surface area contributed by atoms with E-state index in [-0.39, 0.29) is 18.2 Å². The van der Waals surface area contributed by atoms with Gasteiger partial charge in [-0.05, 0) is 18.6 Å². The van der Waals surface area contributed by atoms with E-state index in [0.29, 0.717) is 0 Å². The number of hydrogen-bond donors (Lipinski definition) is 0. The Bertz CT molecular complexity index is 1000. The SMILES string of the molecule is Cc1ccc(/C=C/S(=O)(=O)N2CC(S(=O)(=O)c3nccn3C)C2)cc1. The van der Waals surface area contributed by atoms with E-state index in [9.17, 15) is 16.8 Å². The van der Waals surface area contributed by atoms with Gasteiger partial charge >= 0.3 is 0 Å². The van der Waals surface area contributed by atoms with Crippen LogP contribution >= 0.6 is 0 Å². The molecule has 0 radical (unpaired) electrons. The molecular weight excluding hydrogens is 362 g/mol. The zero-order valence-corrected chi connectivity index (χ0v) is 15.5. The summed E-state index contributed by atoms with van der Waals surface area (Å²) < 4.78 is 52.1. The largest absolute Gasteiger partial charge is 0.325 e. The fourth-order valence-electron chi connectivity index (χ4n) is 2.51. The summed E-state index contributed by atoms with van der Waals surface area (Å²) in [6.07, 6.45) is 4.46. The number of hydrogen-bond acceptors (Lipinski definition) is 5. The molecule has 2 heterocycles. The van der Waals surface area contributed by atoms with Crippen LogP contribution in [0.4, 0.5) is 0 Å². The van der Waals surface area contributed by atoms with Crippen molar-refractivity contribution >= 4 is 25.9 Å². The van der Waals surface area contributed by atoms with Crippen LogP contribution in [0.15, 0.2) is 47.2 Å². The number of rotatable bonds is 5. The van der Waals surface area contributed by atoms with Crippen molar-refractivity contribution < 1.29 is 16.8 Å². The third-order valence-electron chi connectivity index (χ3n) is 4.15. The van der Waals surface area contributed by atoms with Crippen molar-refractivity contribution in [3.8, 4) is 0 Å². The van der Waals surface area contributed by atoms with Gasteiger partial charge in [0.1, 0.15) is 0 Å². The Morgan fingerprint density at radius 1 is 1.12 bits per heavy atom. The Balaban J connectivity index is 1.69. The summed E-state index contributed by atoms with van der Waals surface area (Å²) in [6, 6.07) is 7.44. The summed E-state index contributed by atoms with van der Waals surface area (Å²) in [5.74, 6) is 0. The first-order valence-electron chi connectivity index (χ1n) is 7.66. The highest BCUT2D eigenvalue weighted by Crippen LogP contribution is 2.25. The fourth-order valence-corrected chi connectivity index (χ4v) is 5.69. The molecule has 1 aliphatic heterocycles. The second-order valence-electron chi connectivity index (χ2n) is 6.06. The van der Waals surface area contributed by atoms with Crippen LogP contribution in [0, 0.1) is 6.92 Å². The van der Waals surface area contributed by atoms with E-state index in [2.05, 4.69) is 4.98 Å². The first kappa shape index (κ1) is 17.8. The predicted molar refractivity (Wildman–Crippen MR) is 94.9 cm³/mol. The molecule has 134 valence electrons. The van der Waals surface area contributed by atoms with Crippen LogP contribution < -0.4 is 0 Å². The lowest BCUT2D eigenvalue weighted by molar-refractivity contribution is 0.312. The predicted octanol–water partition coefficient (Wildman–Crippen LogP) is 1.19. The second kappa shape index (κ2) is 6.40. The third-order valence-corrected chi connectivity index (χ3v) is 7.73. The van der Waals surface area contributed by atoms with Gasteiger partial charge in [0, 0.05) is 37.9 Å². The van der Waals surface area contributed by atoms with Crippen molar-refractivity contribution in [2.75, 3.05) is 13.1 Å². The Morgan fingerprint density at radius 2 is 1.76 bits per heavy atom. The maximum atomic E-state index is 12.5. The molecule has 0 bridgehead atoms. The third kappa shape index (κ3) is 3.53. The molecule has 0 N–H and O–H groups in total. The molecule has 1 aliphatic rings. The molecule has 1 saturated heterocycles. The van der Waals surface area contributed by atoms with E-state index in [1.165, 1.54) is 16.8 Å². The standard InChI is InChI=1S/C16H19N3O4S2/c1-13-3-5-14(6-4-13)7-10-24(20,21)19-11-15(12-19)25(22,23)16-17-8-9-18(16)2/h3-10,15H,11-12H2,1-2H3/b10-7+. The highest BCUT2D eigenvalue weighted by Gasteiger charge is 2.44. The molecule has 0 aliphatic carbocycles. The van der Waals surface area contributed by atoms with Gasteiger partial charge in [-0.15, -0.1) is 0 Å². The zero-order chi connectivity index (χ0) is 18.2. The Hall–Kier alpha value is -1.97. The maximum absolute atomic E-state index is 12.5. The number of sulfone groups is 1. The van der Waals surface area contributed by atoms with Crippen LogP contribution in [0.2, 0.25) is 0 Å². The first-order valence-corrected chi connectivity index (χ1v) is 10.7. The summed E-state index contributed by atoms with van der Waals surface area (Å²) in [5, 5.41) is 0.308. The minimum absolute atomic E-state index is 0.0373. The molecule has 2 aromatic rings. The van der Waals surface area contributed by atoms with Crippen molar-refractivity contribution in [1.82, 2.24) is 13.9 Å². The van der Waals surface area contributed by atoms with Gasteiger partial charge in [0.15, 0.2) is 0 Å². The minimum atomic E-state index is -3.64. The quantitative estimate of drug-likeness (QED) is 0.776. The lowest BCUT2D eigenvalue weighted by Gasteiger charge is -2.36. The Kier molecular flexibility index (Phi) is 4.56. The van der Waals surface area contributed by atoms with Gasteiger partial charge in [0.2, 0.25) is 25.0 Å². The molecule has 0 atom stereocenters. The molecule has 1 fully saturated rings. The number of aromatic nitrogens is 2. The average molecular weight is 381 g/mol. The van der Waals surface area contributed by atoms with Crippen molar-refractivity contribution in [3.05, 3.63) is 53.2 Å². The smallest absolute Gasteiger partial charge is 0.236 e. The maximum Gasteiger partial charge on any atom is 0.236 e. The first-order chi connectivity index (χ1) is 11.7. The molecule has 0 spiro atoms. The summed E-state index contributed by atoms with van der Waals surface area (Å²) in [7, 11) is -5.68. The minimum Gasteiger partial charge on any atom is -0.325 e. The van der Waals surface area contributed by atoms with Crippen molar-refractivity contribution in [3.63, 3.8) is 0 Å². The summed E-state index contributed by atoms with van der Waals surface area (Å²) in [6.45, 7) is 1.83. The van der Waals surface area contributed by atoms with E-state index >= 15 is 0 Å². The molecule has 7 nitrogen and oxygen atoms in total. The fraction of sp³-hybridized carbons (Fsp3) is 0.312. The van der Waals surface area contributed by atoms with Gasteiger partial charge in [0.25, 0.3) is 0 Å². The number of imidazole rings is 1. The molecule has 0 saturated carbocycles. The topological polar surface area (TPSA) is 89.3 Å². The number of nitrogens with zero attached hydrogens (tertiary/aromatic N) is 3. The number of sulfonamides is 1. The number of aryl methyl sites for hydroxylation is 2. The van der Waals surface area contributed by atoms with Crippen LogP contribution in [0.5, 0.6) is 0 Å². The van der Waals surface area contributed by atoms with Crippen LogP contribution in [0.25, 0.3) is 6.08 Å². The van der Waals surface area contributed by atoms with Crippen molar-refractivity contribution in [2.24, 2.45) is 7.05 Å². The van der Waals surface area contributed by atoms with E-state index in [4.69, 9.17) is 0 Å². The lowest BCUT2D eigenvalue weighted by Crippen LogP contribution is -2.56. The van der Waals surface area contributed by atoms with Gasteiger partial charge in [-0.3, -0.25) is 0 Å². The highest BCUT2D eigenvalue weighted by molar-refractivity contribution is 7.93. The van der Waals surface area contributed by atoms with Gasteiger partial charge in [-0.25, -0.2) is 21.8 Å². The molecule has 1 aromatic heterocycles. The zero-order valence-electron chi connectivity index (χ0n) is 13.9. The van der Waals surface area contributed by atoms with Crippen molar-refractivity contribution in [2.45, 2.75) is 17.3 Å². The van der Waals surface area contributed by atoms with Gasteiger partial charge in [-0.1, -0.05) is 29.8 Å². The van der Waals surface area contributed by atoms with Crippen LogP contribution in [-0.4, -0.2) is 49.0 Å². The molecule has 25 heavy (non-hydrogen) atoms. The molecule has 0 amide bonds. The van der Waals surface area contributed by atoms with Gasteiger partial charge in [-0.2, -0.15) is 4.31 Å². The molecule has 3 rings (SSSR count). The monoisotopic (exact) mass is 381 g/mol. The summed E-state index contributed by atoms with van der Waals surface area (Å²) in [4.78, 5) is 3.85. The molecule has 9 heteroatoms. The van der Waals surface area contributed by atoms with Crippen LogP contribution in [0.3, 0.4) is 0 Å².